The van der Waals surface area contributed by atoms with Crippen molar-refractivity contribution in [2.45, 2.75) is 38.4 Å². The highest BCUT2D eigenvalue weighted by Crippen LogP contribution is 2.39. The van der Waals surface area contributed by atoms with Crippen molar-refractivity contribution in [1.29, 1.82) is 0 Å². The number of urea groups is 1. The summed E-state index contributed by atoms with van der Waals surface area (Å²) < 4.78 is 53.1. The van der Waals surface area contributed by atoms with Gasteiger partial charge in [-0.05, 0) is 85.1 Å². The third kappa shape index (κ3) is 21.5. The number of halogens is 1. The van der Waals surface area contributed by atoms with Crippen LogP contribution in [0.3, 0.4) is 0 Å². The van der Waals surface area contributed by atoms with Crippen molar-refractivity contribution in [3.05, 3.63) is 131 Å². The molecule has 1 fully saturated rings. The second kappa shape index (κ2) is 36.8. The lowest BCUT2D eigenvalue weighted by Crippen LogP contribution is -2.52. The average molecular weight is 1290 g/mol. The van der Waals surface area contributed by atoms with E-state index in [1.54, 1.807) is 31.5 Å². The first-order valence-corrected chi connectivity index (χ1v) is 31.1. The summed E-state index contributed by atoms with van der Waals surface area (Å²) in [6.45, 7) is 13.3. The summed E-state index contributed by atoms with van der Waals surface area (Å²) in [4.78, 5) is 77.5. The number of carbonyl (C=O) groups excluding carboxylic acids is 5. The number of nitrogens with one attached hydrogen (secondary N) is 5. The molecule has 0 aliphatic carbocycles. The van der Waals surface area contributed by atoms with E-state index >= 15 is 0 Å². The first-order chi connectivity index (χ1) is 44.8. The van der Waals surface area contributed by atoms with Crippen molar-refractivity contribution in [2.24, 2.45) is 7.05 Å². The molecular weight excluding hydrogens is 1210 g/mol. The summed E-state index contributed by atoms with van der Waals surface area (Å²) in [5.74, 6) is -0.467. The van der Waals surface area contributed by atoms with Gasteiger partial charge in [0, 0.05) is 104 Å². The molecule has 0 bridgehead atoms. The number of aromatic nitrogens is 3. The summed E-state index contributed by atoms with van der Waals surface area (Å²) >= 11 is 6.37. The number of methoxy groups -OCH3 is 1. The van der Waals surface area contributed by atoms with Gasteiger partial charge in [0.15, 0.2) is 0 Å². The zero-order valence-corrected chi connectivity index (χ0v) is 53.5. The van der Waals surface area contributed by atoms with Crippen LogP contribution in [0, 0.1) is 0 Å². The van der Waals surface area contributed by atoms with Crippen LogP contribution in [0.1, 0.15) is 39.9 Å². The number of ether oxygens (including phenoxy) is 9. The number of likely N-dealkylation sites (N-methyl/N-ethyl adjacent to an activating group) is 2. The molecule has 25 nitrogen and oxygen atoms in total. The minimum atomic E-state index is -0.693. The SMILES string of the molecule is C=CC(=O)Nc1cc(Nc2nccc(-c3cn(C)c4ccccc34)n2)c(OC)cc1N(C)CCN(C)CCOCCOCCOCCOCCOCCOCCOCCOCCc1cc(Cl)cc(NC(=O)NCc2ccc3c(c2)CN(C2CCC(=O)NC2=O)C3=O)c1. The number of benzene rings is 4. The Kier molecular flexibility index (Phi) is 27.9. The molecule has 0 saturated carbocycles. The second-order valence-corrected chi connectivity index (χ2v) is 22.2. The Balaban J connectivity index is 0.574. The van der Waals surface area contributed by atoms with E-state index < -0.39 is 18.0 Å². The third-order valence-corrected chi connectivity index (χ3v) is 15.3. The van der Waals surface area contributed by atoms with E-state index in [0.29, 0.717) is 165 Å². The van der Waals surface area contributed by atoms with Gasteiger partial charge in [0.25, 0.3) is 5.91 Å². The van der Waals surface area contributed by atoms with Gasteiger partial charge >= 0.3 is 6.03 Å². The molecule has 0 spiro atoms. The predicted octanol–water partition coefficient (Wildman–Crippen LogP) is 6.99. The van der Waals surface area contributed by atoms with Crippen molar-refractivity contribution in [3.63, 3.8) is 0 Å². The van der Waals surface area contributed by atoms with Crippen molar-refractivity contribution in [3.8, 4) is 17.0 Å². The van der Waals surface area contributed by atoms with Gasteiger partial charge in [-0.15, -0.1) is 0 Å². The lowest BCUT2D eigenvalue weighted by Gasteiger charge is -2.29. The molecule has 6 aromatic rings. The number of amides is 6. The number of hydrogen-bond donors (Lipinski definition) is 5. The number of piperidine rings is 1. The lowest BCUT2D eigenvalue weighted by atomic mass is 10.0. The van der Waals surface area contributed by atoms with Crippen LogP contribution in [-0.4, -0.2) is 207 Å². The van der Waals surface area contributed by atoms with Crippen LogP contribution in [-0.2, 0) is 78.8 Å². The van der Waals surface area contributed by atoms with E-state index in [0.717, 1.165) is 51.1 Å². The minimum Gasteiger partial charge on any atom is -0.494 e. The van der Waals surface area contributed by atoms with E-state index in [-0.39, 0.29) is 43.7 Å². The molecule has 6 amide bonds. The topological polar surface area (TPSA) is 269 Å². The number of para-hydroxylation sites is 1. The fourth-order valence-electron chi connectivity index (χ4n) is 10.2. The van der Waals surface area contributed by atoms with Gasteiger partial charge in [-0.25, -0.2) is 14.8 Å². The Labute approximate surface area is 541 Å². The second-order valence-electron chi connectivity index (χ2n) is 21.7. The van der Waals surface area contributed by atoms with Crippen LogP contribution in [0.15, 0.2) is 104 Å². The maximum atomic E-state index is 13.0. The van der Waals surface area contributed by atoms with Gasteiger partial charge in [-0.2, -0.15) is 0 Å². The first kappa shape index (κ1) is 69.8. The quantitative estimate of drug-likeness (QED) is 0.0147. The number of carbonyl (C=O) groups is 5. The number of aryl methyl sites for hydroxylation is 1. The Morgan fingerprint density at radius 3 is 2.03 bits per heavy atom. The van der Waals surface area contributed by atoms with Crippen LogP contribution in [0.25, 0.3) is 22.2 Å². The fraction of sp³-hybridized carbons (Fsp3) is 0.439. The summed E-state index contributed by atoms with van der Waals surface area (Å²) in [5.41, 5.74) is 8.24. The molecule has 1 atom stereocenters. The summed E-state index contributed by atoms with van der Waals surface area (Å²) in [6, 6.07) is 23.2. The summed E-state index contributed by atoms with van der Waals surface area (Å²) in [7, 11) is 7.61. The standard InChI is InChI=1S/C66H84ClN11O14/c1-6-61(79)71-55-41-56(73-65-68-17-15-54(72-65)53-45-77(4)57-10-8-7-9-52(53)57)60(84-5)42-59(55)76(3)19-18-75(2)20-22-86-24-26-88-28-30-90-32-34-92-36-35-91-33-31-89-29-27-87-25-23-85-21-16-46-38-49(67)40-50(39-46)70-66(83)69-43-47-11-12-51-48(37-47)44-78(64(51)82)58-13-14-62(80)74-63(58)81/h6-12,15,17,37-42,45,58H,1,13-14,16,18-36,43-44H2,2-5H3,(H,71,79)(H,68,72,73)(H2,69,70,83)(H,74,80,81). The summed E-state index contributed by atoms with van der Waals surface area (Å²) in [6.07, 6.45) is 6.05. The highest BCUT2D eigenvalue weighted by atomic mass is 35.5. The smallest absolute Gasteiger partial charge is 0.319 e. The number of imide groups is 1. The van der Waals surface area contributed by atoms with Crippen molar-refractivity contribution < 1.29 is 66.6 Å². The summed E-state index contributed by atoms with van der Waals surface area (Å²) in [5, 5.41) is 15.8. The van der Waals surface area contributed by atoms with Crippen molar-refractivity contribution in [1.82, 2.24) is 35.0 Å². The van der Waals surface area contributed by atoms with E-state index in [1.165, 1.54) is 11.0 Å². The number of anilines is 5. The molecule has 8 rings (SSSR count). The molecule has 4 aromatic carbocycles. The van der Waals surface area contributed by atoms with Gasteiger partial charge in [-0.1, -0.05) is 48.5 Å². The molecule has 2 aliphatic rings. The van der Waals surface area contributed by atoms with Crippen LogP contribution < -0.4 is 36.2 Å². The lowest BCUT2D eigenvalue weighted by molar-refractivity contribution is -0.137. The molecular formula is C66H84ClN11O14. The highest BCUT2D eigenvalue weighted by molar-refractivity contribution is 6.31. The first-order valence-electron chi connectivity index (χ1n) is 30.7. The van der Waals surface area contributed by atoms with Crippen LogP contribution in [0.5, 0.6) is 5.75 Å². The van der Waals surface area contributed by atoms with E-state index in [2.05, 4.69) is 70.8 Å². The van der Waals surface area contributed by atoms with Gasteiger partial charge in [0.1, 0.15) is 11.8 Å². The Morgan fingerprint density at radius 1 is 0.728 bits per heavy atom. The molecule has 5 N–H and O–H groups in total. The number of fused-ring (bicyclic) bond motifs is 2. The zero-order valence-electron chi connectivity index (χ0n) is 52.8. The number of rotatable bonds is 41. The van der Waals surface area contributed by atoms with Crippen LogP contribution >= 0.6 is 11.6 Å². The minimum absolute atomic E-state index is 0.184. The largest absolute Gasteiger partial charge is 0.494 e. The van der Waals surface area contributed by atoms with E-state index in [9.17, 15) is 24.0 Å². The van der Waals surface area contributed by atoms with Crippen molar-refractivity contribution >= 4 is 80.9 Å². The maximum Gasteiger partial charge on any atom is 0.319 e. The van der Waals surface area contributed by atoms with E-state index in [1.807, 2.05) is 69.7 Å². The molecule has 2 aromatic heterocycles. The van der Waals surface area contributed by atoms with E-state index in [4.69, 9.17) is 59.2 Å². The Morgan fingerprint density at radius 2 is 1.38 bits per heavy atom. The molecule has 1 unspecified atom stereocenters. The van der Waals surface area contributed by atoms with Crippen LogP contribution in [0.2, 0.25) is 5.02 Å². The Bertz CT molecular complexity index is 3430. The van der Waals surface area contributed by atoms with Gasteiger partial charge in [0.05, 0.1) is 136 Å². The maximum absolute atomic E-state index is 13.0. The predicted molar refractivity (Wildman–Crippen MR) is 350 cm³/mol. The number of nitrogens with zero attached hydrogens (tertiary/aromatic N) is 6. The zero-order chi connectivity index (χ0) is 65.0. The number of hydrogen-bond acceptors (Lipinski definition) is 19. The van der Waals surface area contributed by atoms with Crippen molar-refractivity contribution in [2.75, 3.05) is 167 Å². The van der Waals surface area contributed by atoms with Gasteiger partial charge in [-0.3, -0.25) is 24.5 Å². The fourth-order valence-corrected chi connectivity index (χ4v) is 10.5. The highest BCUT2D eigenvalue weighted by Gasteiger charge is 2.39. The third-order valence-electron chi connectivity index (χ3n) is 15.1. The molecule has 1 saturated heterocycles. The molecule has 494 valence electrons. The molecule has 26 heteroatoms. The molecule has 0 radical (unpaired) electrons. The molecule has 2 aliphatic heterocycles. The van der Waals surface area contributed by atoms with Gasteiger partial charge in [0.2, 0.25) is 23.7 Å². The van der Waals surface area contributed by atoms with Gasteiger partial charge < -0.3 is 83.2 Å². The monoisotopic (exact) mass is 1290 g/mol. The average Bonchev–Trinajstić information content (AvgIpc) is 1.63. The Hall–Kier alpha value is -8.08. The molecule has 4 heterocycles. The molecule has 92 heavy (non-hydrogen) atoms. The normalized spacial score (nSPS) is 13.8. The van der Waals surface area contributed by atoms with Crippen LogP contribution in [0.4, 0.5) is 33.5 Å².